The molecule has 1 rings (SSSR count). The quantitative estimate of drug-likeness (QED) is 0.468. The van der Waals surface area contributed by atoms with Crippen LogP contribution in [0.25, 0.3) is 0 Å². The van der Waals surface area contributed by atoms with Crippen LogP contribution in [0, 0.1) is 0 Å². The standard InChI is InChI=1S/C17H22O6/c1-17(2,3)23-16(21)14(19)13(18)10-7-11-22-15(20)12-8-5-4-6-9-12/h4-6,8-9,14,19H,7,10-11H2,1-3H3/t14-/m0/s1. The fourth-order valence-corrected chi connectivity index (χ4v) is 1.69. The van der Waals surface area contributed by atoms with Gasteiger partial charge in [0.1, 0.15) is 5.60 Å². The normalized spacial score (nSPS) is 12.3. The largest absolute Gasteiger partial charge is 0.462 e. The summed E-state index contributed by atoms with van der Waals surface area (Å²) in [5.41, 5.74) is -0.351. The summed E-state index contributed by atoms with van der Waals surface area (Å²) in [5, 5.41) is 9.60. The van der Waals surface area contributed by atoms with Crippen molar-refractivity contribution in [3.05, 3.63) is 35.9 Å². The molecule has 1 atom stereocenters. The highest BCUT2D eigenvalue weighted by Crippen LogP contribution is 2.10. The summed E-state index contributed by atoms with van der Waals surface area (Å²) in [6.07, 6.45) is -1.67. The molecular weight excluding hydrogens is 300 g/mol. The summed E-state index contributed by atoms with van der Waals surface area (Å²) in [6, 6.07) is 8.47. The number of aliphatic hydroxyl groups excluding tert-OH is 1. The molecule has 1 N–H and O–H groups in total. The van der Waals surface area contributed by atoms with Gasteiger partial charge in [-0.1, -0.05) is 18.2 Å². The van der Waals surface area contributed by atoms with Crippen LogP contribution in [0.5, 0.6) is 0 Å². The van der Waals surface area contributed by atoms with Gasteiger partial charge in [0.15, 0.2) is 5.78 Å². The average Bonchev–Trinajstić information content (AvgIpc) is 2.49. The summed E-state index contributed by atoms with van der Waals surface area (Å²) in [6.45, 7) is 4.96. The lowest BCUT2D eigenvalue weighted by Crippen LogP contribution is -2.36. The van der Waals surface area contributed by atoms with Crippen molar-refractivity contribution in [2.45, 2.75) is 45.3 Å². The number of aliphatic hydroxyl groups is 1. The number of hydrogen-bond donors (Lipinski definition) is 1. The highest BCUT2D eigenvalue weighted by atomic mass is 16.6. The molecule has 0 fully saturated rings. The average molecular weight is 322 g/mol. The van der Waals surface area contributed by atoms with Crippen LogP contribution in [0.3, 0.4) is 0 Å². The Kier molecular flexibility index (Phi) is 6.90. The summed E-state index contributed by atoms with van der Waals surface area (Å²) in [4.78, 5) is 34.9. The van der Waals surface area contributed by atoms with E-state index in [0.29, 0.717) is 5.56 Å². The van der Waals surface area contributed by atoms with Crippen LogP contribution in [0.15, 0.2) is 30.3 Å². The third kappa shape index (κ3) is 7.06. The van der Waals surface area contributed by atoms with E-state index < -0.39 is 29.4 Å². The fraction of sp³-hybridized carbons (Fsp3) is 0.471. The van der Waals surface area contributed by atoms with Crippen LogP contribution in [-0.2, 0) is 19.1 Å². The van der Waals surface area contributed by atoms with E-state index in [2.05, 4.69) is 0 Å². The van der Waals surface area contributed by atoms with Gasteiger partial charge in [0.2, 0.25) is 6.10 Å². The monoisotopic (exact) mass is 322 g/mol. The Hall–Kier alpha value is -2.21. The van der Waals surface area contributed by atoms with Crippen molar-refractivity contribution in [1.82, 2.24) is 0 Å². The molecule has 0 aliphatic carbocycles. The van der Waals surface area contributed by atoms with Crippen LogP contribution in [0.4, 0.5) is 0 Å². The fourth-order valence-electron chi connectivity index (χ4n) is 1.69. The van der Waals surface area contributed by atoms with E-state index in [1.807, 2.05) is 0 Å². The van der Waals surface area contributed by atoms with Crippen molar-refractivity contribution in [2.75, 3.05) is 6.61 Å². The third-order valence-electron chi connectivity index (χ3n) is 2.75. The van der Waals surface area contributed by atoms with Gasteiger partial charge in [0.25, 0.3) is 0 Å². The van der Waals surface area contributed by atoms with Gasteiger partial charge in [0.05, 0.1) is 12.2 Å². The van der Waals surface area contributed by atoms with Crippen LogP contribution in [0.1, 0.15) is 44.0 Å². The van der Waals surface area contributed by atoms with Gasteiger partial charge in [-0.15, -0.1) is 0 Å². The predicted molar refractivity (Wildman–Crippen MR) is 82.8 cm³/mol. The number of rotatable bonds is 7. The minimum absolute atomic E-state index is 0.0283. The maximum Gasteiger partial charge on any atom is 0.343 e. The SMILES string of the molecule is CC(C)(C)OC(=O)[C@@H](O)C(=O)CCCOC(=O)c1ccccc1. The van der Waals surface area contributed by atoms with E-state index in [1.54, 1.807) is 51.1 Å². The van der Waals surface area contributed by atoms with E-state index in [9.17, 15) is 19.5 Å². The van der Waals surface area contributed by atoms with Gasteiger partial charge < -0.3 is 14.6 Å². The predicted octanol–water partition coefficient (Wildman–Crippen LogP) is 1.90. The number of hydrogen-bond acceptors (Lipinski definition) is 6. The lowest BCUT2D eigenvalue weighted by atomic mass is 10.1. The van der Waals surface area contributed by atoms with E-state index in [1.165, 1.54) is 0 Å². The first-order valence-corrected chi connectivity index (χ1v) is 7.36. The Balaban J connectivity index is 2.31. The summed E-state index contributed by atoms with van der Waals surface area (Å²) < 4.78 is 9.94. The first-order chi connectivity index (χ1) is 10.7. The van der Waals surface area contributed by atoms with Crippen molar-refractivity contribution in [2.24, 2.45) is 0 Å². The van der Waals surface area contributed by atoms with Gasteiger partial charge in [-0.05, 0) is 39.3 Å². The molecule has 0 radical (unpaired) electrons. The van der Waals surface area contributed by atoms with Gasteiger partial charge in [-0.25, -0.2) is 9.59 Å². The number of ketones is 1. The van der Waals surface area contributed by atoms with Crippen molar-refractivity contribution < 1.29 is 29.0 Å². The maximum atomic E-state index is 11.7. The molecule has 0 unspecified atom stereocenters. The molecule has 0 saturated heterocycles. The van der Waals surface area contributed by atoms with Crippen molar-refractivity contribution in [3.63, 3.8) is 0 Å². The molecule has 23 heavy (non-hydrogen) atoms. The van der Waals surface area contributed by atoms with Gasteiger partial charge in [0, 0.05) is 6.42 Å². The molecule has 0 aliphatic heterocycles. The molecule has 126 valence electrons. The van der Waals surface area contributed by atoms with E-state index in [-0.39, 0.29) is 19.4 Å². The lowest BCUT2D eigenvalue weighted by molar-refractivity contribution is -0.167. The Bertz CT molecular complexity index is 544. The summed E-state index contributed by atoms with van der Waals surface area (Å²) >= 11 is 0. The minimum atomic E-state index is -1.81. The number of esters is 2. The topological polar surface area (TPSA) is 89.9 Å². The van der Waals surface area contributed by atoms with Crippen molar-refractivity contribution in [1.29, 1.82) is 0 Å². The molecule has 0 amide bonds. The van der Waals surface area contributed by atoms with Crippen LogP contribution < -0.4 is 0 Å². The molecule has 1 aromatic rings. The number of Topliss-reactive ketones (excluding diaryl/α,β-unsaturated/α-hetero) is 1. The molecule has 0 bridgehead atoms. The lowest BCUT2D eigenvalue weighted by Gasteiger charge is -2.21. The zero-order chi connectivity index (χ0) is 17.5. The zero-order valence-electron chi connectivity index (χ0n) is 13.6. The van der Waals surface area contributed by atoms with Crippen LogP contribution in [-0.4, -0.2) is 41.1 Å². The zero-order valence-corrected chi connectivity index (χ0v) is 13.6. The molecule has 0 aromatic heterocycles. The highest BCUT2D eigenvalue weighted by Gasteiger charge is 2.28. The number of carbonyl (C=O) groups excluding carboxylic acids is 3. The van der Waals surface area contributed by atoms with E-state index >= 15 is 0 Å². The van der Waals surface area contributed by atoms with Gasteiger partial charge in [-0.2, -0.15) is 0 Å². The number of benzene rings is 1. The van der Waals surface area contributed by atoms with E-state index in [0.717, 1.165) is 0 Å². The molecule has 0 aliphatic rings. The minimum Gasteiger partial charge on any atom is -0.462 e. The molecule has 1 aromatic carbocycles. The van der Waals surface area contributed by atoms with E-state index in [4.69, 9.17) is 9.47 Å². The summed E-state index contributed by atoms with van der Waals surface area (Å²) in [5.74, 6) is -2.11. The second-order valence-corrected chi connectivity index (χ2v) is 6.01. The molecule has 6 nitrogen and oxygen atoms in total. The first-order valence-electron chi connectivity index (χ1n) is 7.36. The van der Waals surface area contributed by atoms with Crippen molar-refractivity contribution in [3.8, 4) is 0 Å². The molecule has 0 spiro atoms. The Morgan fingerprint density at radius 1 is 1.13 bits per heavy atom. The molecule has 0 heterocycles. The third-order valence-corrected chi connectivity index (χ3v) is 2.75. The van der Waals surface area contributed by atoms with Crippen LogP contribution in [0.2, 0.25) is 0 Å². The Morgan fingerprint density at radius 2 is 1.74 bits per heavy atom. The van der Waals surface area contributed by atoms with Gasteiger partial charge >= 0.3 is 11.9 Å². The highest BCUT2D eigenvalue weighted by molar-refractivity contribution is 6.01. The smallest absolute Gasteiger partial charge is 0.343 e. The second-order valence-electron chi connectivity index (χ2n) is 6.01. The van der Waals surface area contributed by atoms with Crippen molar-refractivity contribution >= 4 is 17.7 Å². The first kappa shape index (κ1) is 18.8. The van der Waals surface area contributed by atoms with Gasteiger partial charge in [-0.3, -0.25) is 4.79 Å². The molecule has 0 saturated carbocycles. The summed E-state index contributed by atoms with van der Waals surface area (Å²) in [7, 11) is 0. The molecular formula is C17H22O6. The Labute approximate surface area is 135 Å². The Morgan fingerprint density at radius 3 is 2.30 bits per heavy atom. The second kappa shape index (κ2) is 8.43. The van der Waals surface area contributed by atoms with Crippen LogP contribution >= 0.6 is 0 Å². The number of ether oxygens (including phenoxy) is 2. The molecule has 6 heteroatoms. The number of carbonyl (C=O) groups is 3. The maximum absolute atomic E-state index is 11.7.